The topological polar surface area (TPSA) is 78.2 Å². The van der Waals surface area contributed by atoms with Gasteiger partial charge in [-0.2, -0.15) is 0 Å². The Hall–Kier alpha value is -2.91. The summed E-state index contributed by atoms with van der Waals surface area (Å²) in [6.45, 7) is 4.70. The molecule has 0 aliphatic rings. The Balaban J connectivity index is 1.47. The molecule has 7 nitrogen and oxygen atoms in total. The van der Waals surface area contributed by atoms with Crippen molar-refractivity contribution in [3.05, 3.63) is 64.5 Å². The van der Waals surface area contributed by atoms with Crippen molar-refractivity contribution in [3.63, 3.8) is 0 Å². The Morgan fingerprint density at radius 3 is 2.86 bits per heavy atom. The number of para-hydroxylation sites is 1. The van der Waals surface area contributed by atoms with Crippen LogP contribution in [0, 0.1) is 6.92 Å². The molecule has 0 atom stereocenters. The van der Waals surface area contributed by atoms with E-state index in [1.54, 1.807) is 16.7 Å². The first-order valence-electron chi connectivity index (χ1n) is 9.16. The summed E-state index contributed by atoms with van der Waals surface area (Å²) in [4.78, 5) is 18.1. The number of aryl methyl sites for hydroxylation is 1. The van der Waals surface area contributed by atoms with Crippen molar-refractivity contribution in [2.24, 2.45) is 0 Å². The number of hydrogen-bond donors (Lipinski definition) is 0. The number of thioether (sulfide) groups is 1. The molecule has 0 aliphatic carbocycles. The predicted molar refractivity (Wildman–Crippen MR) is 115 cm³/mol. The van der Waals surface area contributed by atoms with Crippen molar-refractivity contribution in [1.29, 1.82) is 0 Å². The summed E-state index contributed by atoms with van der Waals surface area (Å²) in [6.07, 6.45) is 1.66. The highest BCUT2D eigenvalue weighted by Crippen LogP contribution is 2.29. The molecular formula is C20H17N5O2S2. The molecular weight excluding hydrogens is 406 g/mol. The molecule has 29 heavy (non-hydrogen) atoms. The zero-order chi connectivity index (χ0) is 20.0. The standard InChI is InChI=1S/C20H17N5O2S2/c1-3-24-18(14-8-9-27-12(14)2)22-23-20(24)28-11-13-10-17(26)25-15-6-4-5-7-16(15)29-19(25)21-13/h4-10H,3,11H2,1-2H3. The summed E-state index contributed by atoms with van der Waals surface area (Å²) in [5.74, 6) is 2.14. The minimum absolute atomic E-state index is 0.0604. The van der Waals surface area contributed by atoms with E-state index in [0.29, 0.717) is 10.7 Å². The summed E-state index contributed by atoms with van der Waals surface area (Å²) in [6, 6.07) is 11.4. The Labute approximate surface area is 174 Å². The van der Waals surface area contributed by atoms with Crippen LogP contribution in [0.15, 0.2) is 57.0 Å². The lowest BCUT2D eigenvalue weighted by Crippen LogP contribution is -2.13. The highest BCUT2D eigenvalue weighted by molar-refractivity contribution is 7.98. The Kier molecular flexibility index (Phi) is 4.48. The van der Waals surface area contributed by atoms with E-state index in [9.17, 15) is 4.79 Å². The fraction of sp³-hybridized carbons (Fsp3) is 0.200. The normalized spacial score (nSPS) is 11.7. The molecule has 0 saturated heterocycles. The largest absolute Gasteiger partial charge is 0.469 e. The third-order valence-electron chi connectivity index (χ3n) is 4.73. The van der Waals surface area contributed by atoms with E-state index < -0.39 is 0 Å². The number of aromatic nitrogens is 5. The van der Waals surface area contributed by atoms with Gasteiger partial charge in [-0.3, -0.25) is 9.20 Å². The van der Waals surface area contributed by atoms with Gasteiger partial charge in [0, 0.05) is 18.4 Å². The van der Waals surface area contributed by atoms with Gasteiger partial charge in [-0.25, -0.2) is 4.98 Å². The molecule has 9 heteroatoms. The van der Waals surface area contributed by atoms with Gasteiger partial charge in [0.05, 0.1) is 27.7 Å². The number of thiazole rings is 1. The average Bonchev–Trinajstić information content (AvgIpc) is 3.41. The van der Waals surface area contributed by atoms with Crippen molar-refractivity contribution in [3.8, 4) is 11.4 Å². The first kappa shape index (κ1) is 18.1. The number of furan rings is 1. The molecule has 0 aliphatic heterocycles. The molecule has 0 saturated carbocycles. The highest BCUT2D eigenvalue weighted by Gasteiger charge is 2.17. The second-order valence-corrected chi connectivity index (χ2v) is 8.45. The van der Waals surface area contributed by atoms with E-state index in [4.69, 9.17) is 9.40 Å². The van der Waals surface area contributed by atoms with Gasteiger partial charge >= 0.3 is 0 Å². The van der Waals surface area contributed by atoms with E-state index in [1.165, 1.54) is 23.1 Å². The summed E-state index contributed by atoms with van der Waals surface area (Å²) in [7, 11) is 0. The SMILES string of the molecule is CCn1c(SCc2cc(=O)n3c(n2)sc2ccccc23)nnc1-c1ccoc1C. The minimum Gasteiger partial charge on any atom is -0.469 e. The first-order valence-corrected chi connectivity index (χ1v) is 11.0. The zero-order valence-electron chi connectivity index (χ0n) is 15.8. The van der Waals surface area contributed by atoms with E-state index in [0.717, 1.165) is 44.8 Å². The maximum absolute atomic E-state index is 12.7. The smallest absolute Gasteiger partial charge is 0.259 e. The van der Waals surface area contributed by atoms with Gasteiger partial charge in [-0.05, 0) is 32.0 Å². The second kappa shape index (κ2) is 7.16. The van der Waals surface area contributed by atoms with Crippen molar-refractivity contribution >= 4 is 38.3 Å². The number of nitrogens with zero attached hydrogens (tertiary/aromatic N) is 5. The summed E-state index contributed by atoms with van der Waals surface area (Å²) < 4.78 is 10.2. The van der Waals surface area contributed by atoms with Gasteiger partial charge in [0.2, 0.25) is 0 Å². The molecule has 0 fully saturated rings. The number of fused-ring (bicyclic) bond motifs is 3. The van der Waals surface area contributed by atoms with Gasteiger partial charge < -0.3 is 8.98 Å². The number of hydrogen-bond acceptors (Lipinski definition) is 7. The molecule has 0 radical (unpaired) electrons. The quantitative estimate of drug-likeness (QED) is 0.390. The Bertz CT molecular complexity index is 1400. The second-order valence-electron chi connectivity index (χ2n) is 6.50. The molecule has 0 N–H and O–H groups in total. The molecule has 0 spiro atoms. The van der Waals surface area contributed by atoms with Crippen LogP contribution in [0.2, 0.25) is 0 Å². The van der Waals surface area contributed by atoms with Gasteiger partial charge in [-0.1, -0.05) is 35.2 Å². The molecule has 1 aromatic carbocycles. The van der Waals surface area contributed by atoms with Crippen LogP contribution in [0.1, 0.15) is 18.4 Å². The maximum atomic E-state index is 12.7. The average molecular weight is 424 g/mol. The van der Waals surface area contributed by atoms with Gasteiger partial charge in [-0.15, -0.1) is 10.2 Å². The number of rotatable bonds is 5. The Morgan fingerprint density at radius 2 is 2.07 bits per heavy atom. The zero-order valence-corrected chi connectivity index (χ0v) is 17.5. The van der Waals surface area contributed by atoms with E-state index in [-0.39, 0.29) is 5.56 Å². The highest BCUT2D eigenvalue weighted by atomic mass is 32.2. The molecule has 0 amide bonds. The molecule has 4 aromatic heterocycles. The van der Waals surface area contributed by atoms with E-state index >= 15 is 0 Å². The van der Waals surface area contributed by atoms with Crippen LogP contribution < -0.4 is 5.56 Å². The molecule has 146 valence electrons. The molecule has 0 unspecified atom stereocenters. The lowest BCUT2D eigenvalue weighted by atomic mass is 10.2. The Morgan fingerprint density at radius 1 is 1.21 bits per heavy atom. The lowest BCUT2D eigenvalue weighted by Gasteiger charge is -2.06. The van der Waals surface area contributed by atoms with Crippen LogP contribution in [0.5, 0.6) is 0 Å². The fourth-order valence-electron chi connectivity index (χ4n) is 3.33. The van der Waals surface area contributed by atoms with Gasteiger partial charge in [0.1, 0.15) is 5.76 Å². The summed E-state index contributed by atoms with van der Waals surface area (Å²) in [5, 5.41) is 9.48. The van der Waals surface area contributed by atoms with Crippen molar-refractivity contribution in [1.82, 2.24) is 24.1 Å². The van der Waals surface area contributed by atoms with Crippen LogP contribution in [0.25, 0.3) is 26.6 Å². The van der Waals surface area contributed by atoms with Crippen LogP contribution in [0.4, 0.5) is 0 Å². The van der Waals surface area contributed by atoms with E-state index in [2.05, 4.69) is 17.1 Å². The van der Waals surface area contributed by atoms with Gasteiger partial charge in [0.15, 0.2) is 15.9 Å². The summed E-state index contributed by atoms with van der Waals surface area (Å²) in [5.41, 5.74) is 2.51. The molecule has 5 aromatic rings. The van der Waals surface area contributed by atoms with Gasteiger partial charge in [0.25, 0.3) is 5.56 Å². The third-order valence-corrected chi connectivity index (χ3v) is 6.75. The predicted octanol–water partition coefficient (Wildman–Crippen LogP) is 4.38. The van der Waals surface area contributed by atoms with Crippen LogP contribution in [0.3, 0.4) is 0 Å². The van der Waals surface area contributed by atoms with Crippen LogP contribution >= 0.6 is 23.1 Å². The van der Waals surface area contributed by atoms with Crippen molar-refractivity contribution in [2.45, 2.75) is 31.3 Å². The number of benzene rings is 1. The third kappa shape index (κ3) is 3.06. The first-order chi connectivity index (χ1) is 14.2. The fourth-order valence-corrected chi connectivity index (χ4v) is 5.28. The lowest BCUT2D eigenvalue weighted by molar-refractivity contribution is 0.534. The van der Waals surface area contributed by atoms with Crippen LogP contribution in [-0.4, -0.2) is 24.1 Å². The van der Waals surface area contributed by atoms with E-state index in [1.807, 2.05) is 41.8 Å². The molecule has 5 rings (SSSR count). The van der Waals surface area contributed by atoms with Crippen molar-refractivity contribution < 1.29 is 4.42 Å². The maximum Gasteiger partial charge on any atom is 0.259 e. The summed E-state index contributed by atoms with van der Waals surface area (Å²) >= 11 is 3.05. The molecule has 0 bridgehead atoms. The minimum atomic E-state index is -0.0604. The van der Waals surface area contributed by atoms with Crippen LogP contribution in [-0.2, 0) is 12.3 Å². The monoisotopic (exact) mass is 423 g/mol. The molecule has 4 heterocycles. The van der Waals surface area contributed by atoms with Crippen molar-refractivity contribution in [2.75, 3.05) is 0 Å².